The van der Waals surface area contributed by atoms with Gasteiger partial charge in [0.05, 0.1) is 11.8 Å². The molecule has 0 spiro atoms. The summed E-state index contributed by atoms with van der Waals surface area (Å²) >= 11 is 7.62. The fourth-order valence-corrected chi connectivity index (χ4v) is 1.99. The van der Waals surface area contributed by atoms with Gasteiger partial charge in [0.25, 0.3) is 0 Å². The smallest absolute Gasteiger partial charge is 0.102 e. The predicted molar refractivity (Wildman–Crippen MR) is 51.0 cm³/mol. The normalized spacial score (nSPS) is 10.7. The molecule has 0 aliphatic carbocycles. The van der Waals surface area contributed by atoms with Crippen LogP contribution in [0.4, 0.5) is 0 Å². The number of nitrogens with zero attached hydrogens (tertiary/aromatic N) is 1. The Morgan fingerprint density at radius 2 is 2.27 bits per heavy atom. The van der Waals surface area contributed by atoms with Gasteiger partial charge in [-0.05, 0) is 28.1 Å². The average Bonchev–Trinajstić information content (AvgIpc) is 2.34. The number of H-pyrrole nitrogens is 1. The number of imidazole rings is 1. The van der Waals surface area contributed by atoms with Gasteiger partial charge < -0.3 is 4.98 Å². The largest absolute Gasteiger partial charge is 0.345 e. The first-order valence-electron chi connectivity index (χ1n) is 3.09. The van der Waals surface area contributed by atoms with Crippen molar-refractivity contribution in [1.29, 1.82) is 0 Å². The highest BCUT2D eigenvalue weighted by Crippen LogP contribution is 2.24. The second kappa shape index (κ2) is 2.53. The molecule has 0 fully saturated rings. The van der Waals surface area contributed by atoms with E-state index in [1.54, 1.807) is 6.33 Å². The number of hydrogen-bond donors (Lipinski definition) is 2. The maximum atomic E-state index is 4.23. The van der Waals surface area contributed by atoms with Gasteiger partial charge in [-0.3, -0.25) is 0 Å². The van der Waals surface area contributed by atoms with Gasteiger partial charge in [0.1, 0.15) is 5.52 Å². The zero-order valence-electron chi connectivity index (χ0n) is 5.50. The molecule has 0 aliphatic heterocycles. The third kappa shape index (κ3) is 1.16. The number of fused-ring (bicyclic) bond motifs is 1. The van der Waals surface area contributed by atoms with Gasteiger partial charge >= 0.3 is 0 Å². The van der Waals surface area contributed by atoms with Gasteiger partial charge in [0, 0.05) is 9.37 Å². The summed E-state index contributed by atoms with van der Waals surface area (Å²) in [6.07, 6.45) is 1.67. The Hall–Kier alpha value is -0.480. The summed E-state index contributed by atoms with van der Waals surface area (Å²) in [6.45, 7) is 0. The molecule has 0 saturated heterocycles. The molecule has 1 heterocycles. The Balaban J connectivity index is 2.91. The summed E-state index contributed by atoms with van der Waals surface area (Å²) in [4.78, 5) is 8.06. The first-order valence-corrected chi connectivity index (χ1v) is 4.33. The molecule has 0 aliphatic rings. The number of aromatic amines is 1. The number of rotatable bonds is 0. The zero-order valence-corrected chi connectivity index (χ0v) is 7.98. The molecule has 2 aromatic rings. The van der Waals surface area contributed by atoms with Gasteiger partial charge in [-0.1, -0.05) is 0 Å². The van der Waals surface area contributed by atoms with Crippen LogP contribution in [0, 0.1) is 0 Å². The molecule has 0 radical (unpaired) electrons. The lowest BCUT2D eigenvalue weighted by atomic mass is 10.3. The highest BCUT2D eigenvalue weighted by atomic mass is 79.9. The zero-order chi connectivity index (χ0) is 7.84. The van der Waals surface area contributed by atoms with Gasteiger partial charge in [-0.2, -0.15) is 0 Å². The average molecular weight is 229 g/mol. The summed E-state index contributed by atoms with van der Waals surface area (Å²) in [5, 5.41) is 0. The van der Waals surface area contributed by atoms with Crippen molar-refractivity contribution in [3.63, 3.8) is 0 Å². The van der Waals surface area contributed by atoms with Crippen LogP contribution >= 0.6 is 28.6 Å². The van der Waals surface area contributed by atoms with Crippen LogP contribution in [0.3, 0.4) is 0 Å². The van der Waals surface area contributed by atoms with Crippen LogP contribution in [0.2, 0.25) is 0 Å². The fourth-order valence-electron chi connectivity index (χ4n) is 0.992. The minimum absolute atomic E-state index is 0.925. The number of hydrogen-bond acceptors (Lipinski definition) is 2. The van der Waals surface area contributed by atoms with Crippen molar-refractivity contribution in [1.82, 2.24) is 9.97 Å². The minimum atomic E-state index is 0.925. The van der Waals surface area contributed by atoms with Crippen molar-refractivity contribution in [2.45, 2.75) is 4.90 Å². The monoisotopic (exact) mass is 228 g/mol. The van der Waals surface area contributed by atoms with Gasteiger partial charge in [0.15, 0.2) is 0 Å². The number of halogens is 1. The van der Waals surface area contributed by atoms with E-state index in [1.807, 2.05) is 12.1 Å². The molecular formula is C7H5BrN2S. The maximum Gasteiger partial charge on any atom is 0.102 e. The van der Waals surface area contributed by atoms with Crippen LogP contribution in [0.15, 0.2) is 27.8 Å². The summed E-state index contributed by atoms with van der Waals surface area (Å²) < 4.78 is 0.973. The molecule has 2 nitrogen and oxygen atoms in total. The summed E-state index contributed by atoms with van der Waals surface area (Å²) in [5.41, 5.74) is 1.95. The van der Waals surface area contributed by atoms with Crippen LogP contribution < -0.4 is 0 Å². The van der Waals surface area contributed by atoms with E-state index in [9.17, 15) is 0 Å². The molecule has 0 amide bonds. The Morgan fingerprint density at radius 3 is 3.09 bits per heavy atom. The third-order valence-electron chi connectivity index (χ3n) is 1.46. The van der Waals surface area contributed by atoms with Crippen molar-refractivity contribution in [3.8, 4) is 0 Å². The topological polar surface area (TPSA) is 28.7 Å². The molecule has 1 N–H and O–H groups in total. The standard InChI is InChI=1S/C7H5BrN2S/c8-5-1-4(11)2-6-7(5)10-3-9-6/h1-3,11H,(H,9,10). The van der Waals surface area contributed by atoms with E-state index in [4.69, 9.17) is 0 Å². The van der Waals surface area contributed by atoms with E-state index < -0.39 is 0 Å². The summed E-state index contributed by atoms with van der Waals surface area (Å²) in [7, 11) is 0. The van der Waals surface area contributed by atoms with E-state index in [0.29, 0.717) is 0 Å². The molecule has 2 rings (SSSR count). The van der Waals surface area contributed by atoms with E-state index >= 15 is 0 Å². The Kier molecular flexibility index (Phi) is 1.65. The second-order valence-electron chi connectivity index (χ2n) is 2.23. The number of benzene rings is 1. The third-order valence-corrected chi connectivity index (χ3v) is 2.32. The summed E-state index contributed by atoms with van der Waals surface area (Å²) in [5.74, 6) is 0. The van der Waals surface area contributed by atoms with Gasteiger partial charge in [-0.25, -0.2) is 4.98 Å². The van der Waals surface area contributed by atoms with E-state index in [2.05, 4.69) is 38.5 Å². The van der Waals surface area contributed by atoms with Crippen LogP contribution in [0.1, 0.15) is 0 Å². The molecule has 56 valence electrons. The lowest BCUT2D eigenvalue weighted by Gasteiger charge is -1.93. The van der Waals surface area contributed by atoms with Crippen molar-refractivity contribution < 1.29 is 0 Å². The van der Waals surface area contributed by atoms with Crippen LogP contribution in [-0.4, -0.2) is 9.97 Å². The second-order valence-corrected chi connectivity index (χ2v) is 3.60. The van der Waals surface area contributed by atoms with E-state index in [1.165, 1.54) is 0 Å². The minimum Gasteiger partial charge on any atom is -0.345 e. The molecule has 0 saturated carbocycles. The Labute approximate surface area is 77.6 Å². The highest BCUT2D eigenvalue weighted by Gasteiger charge is 2.00. The van der Waals surface area contributed by atoms with Crippen LogP contribution in [0.25, 0.3) is 11.0 Å². The van der Waals surface area contributed by atoms with E-state index in [0.717, 1.165) is 20.4 Å². The summed E-state index contributed by atoms with van der Waals surface area (Å²) in [6, 6.07) is 3.86. The van der Waals surface area contributed by atoms with Crippen molar-refractivity contribution in [3.05, 3.63) is 22.9 Å². The molecule has 0 bridgehead atoms. The van der Waals surface area contributed by atoms with Crippen molar-refractivity contribution >= 4 is 39.6 Å². The van der Waals surface area contributed by atoms with Crippen LogP contribution in [0.5, 0.6) is 0 Å². The number of thiol groups is 1. The first-order chi connectivity index (χ1) is 5.27. The number of aromatic nitrogens is 2. The lowest BCUT2D eigenvalue weighted by Crippen LogP contribution is -1.72. The number of nitrogens with one attached hydrogen (secondary N) is 1. The molecule has 1 aromatic heterocycles. The molecule has 1 aromatic carbocycles. The highest BCUT2D eigenvalue weighted by molar-refractivity contribution is 9.10. The van der Waals surface area contributed by atoms with E-state index in [-0.39, 0.29) is 0 Å². The molecule has 0 unspecified atom stereocenters. The predicted octanol–water partition coefficient (Wildman–Crippen LogP) is 2.61. The molecular weight excluding hydrogens is 224 g/mol. The van der Waals surface area contributed by atoms with Gasteiger partial charge in [-0.15, -0.1) is 12.6 Å². The lowest BCUT2D eigenvalue weighted by molar-refractivity contribution is 1.34. The Bertz CT molecular complexity index is 396. The van der Waals surface area contributed by atoms with Crippen molar-refractivity contribution in [2.24, 2.45) is 0 Å². The van der Waals surface area contributed by atoms with Crippen LogP contribution in [-0.2, 0) is 0 Å². The SMILES string of the molecule is Sc1cc(Br)c2nc[nH]c2c1. The Morgan fingerprint density at radius 1 is 1.45 bits per heavy atom. The van der Waals surface area contributed by atoms with Crippen molar-refractivity contribution in [2.75, 3.05) is 0 Å². The molecule has 11 heavy (non-hydrogen) atoms. The fraction of sp³-hybridized carbons (Fsp3) is 0. The molecule has 4 heteroatoms. The van der Waals surface area contributed by atoms with Gasteiger partial charge in [0.2, 0.25) is 0 Å². The maximum absolute atomic E-state index is 4.23. The molecule has 0 atom stereocenters. The first kappa shape index (κ1) is 7.18. The quantitative estimate of drug-likeness (QED) is 0.668.